The molecule has 0 aromatic carbocycles. The van der Waals surface area contributed by atoms with E-state index in [4.69, 9.17) is 5.11 Å². The van der Waals surface area contributed by atoms with Crippen LogP contribution in [0.1, 0.15) is 12.8 Å². The molecule has 2 N–H and O–H groups in total. The molecule has 0 unspecified atom stereocenters. The van der Waals surface area contributed by atoms with Gasteiger partial charge in [-0.25, -0.2) is 4.79 Å². The van der Waals surface area contributed by atoms with Crippen LogP contribution < -0.4 is 5.32 Å². The summed E-state index contributed by atoms with van der Waals surface area (Å²) in [7, 11) is 0. The first-order valence-corrected chi connectivity index (χ1v) is 7.34. The molecule has 0 bridgehead atoms. The summed E-state index contributed by atoms with van der Waals surface area (Å²) in [5.41, 5.74) is 0. The summed E-state index contributed by atoms with van der Waals surface area (Å²) in [5, 5.41) is 11.7. The van der Waals surface area contributed by atoms with Crippen LogP contribution in [-0.4, -0.2) is 90.7 Å². The molecule has 0 atom stereocenters. The molecule has 20 heavy (non-hydrogen) atoms. The highest BCUT2D eigenvalue weighted by molar-refractivity contribution is 5.74. The minimum absolute atomic E-state index is 0.0285. The first-order chi connectivity index (χ1) is 9.65. The SMILES string of the molecule is O=C(O)CN1CCN(C(=O)NCCN2CCCC2)CC1. The number of rotatable bonds is 5. The number of carboxylic acids is 1. The summed E-state index contributed by atoms with van der Waals surface area (Å²) in [6.07, 6.45) is 2.53. The minimum atomic E-state index is -0.812. The Labute approximate surface area is 119 Å². The highest BCUT2D eigenvalue weighted by atomic mass is 16.4. The average Bonchev–Trinajstić information content (AvgIpc) is 2.92. The molecule has 2 saturated heterocycles. The van der Waals surface area contributed by atoms with Gasteiger partial charge in [-0.05, 0) is 25.9 Å². The number of urea groups is 1. The molecule has 7 nitrogen and oxygen atoms in total. The lowest BCUT2D eigenvalue weighted by molar-refractivity contribution is -0.138. The first kappa shape index (κ1) is 15.1. The van der Waals surface area contributed by atoms with Crippen molar-refractivity contribution in [2.24, 2.45) is 0 Å². The summed E-state index contributed by atoms with van der Waals surface area (Å²) in [6, 6.07) is -0.0285. The van der Waals surface area contributed by atoms with Crippen LogP contribution in [0.3, 0.4) is 0 Å². The van der Waals surface area contributed by atoms with Crippen molar-refractivity contribution in [3.63, 3.8) is 0 Å². The molecule has 2 amide bonds. The molecule has 0 aromatic heterocycles. The molecule has 0 aromatic rings. The van der Waals surface area contributed by atoms with Gasteiger partial charge < -0.3 is 20.2 Å². The number of nitrogens with one attached hydrogen (secondary N) is 1. The highest BCUT2D eigenvalue weighted by Crippen LogP contribution is 2.06. The van der Waals surface area contributed by atoms with Crippen LogP contribution in [-0.2, 0) is 4.79 Å². The van der Waals surface area contributed by atoms with E-state index in [9.17, 15) is 9.59 Å². The molecule has 0 saturated carbocycles. The molecule has 2 aliphatic rings. The van der Waals surface area contributed by atoms with E-state index in [-0.39, 0.29) is 12.6 Å². The molecule has 2 fully saturated rings. The van der Waals surface area contributed by atoms with Gasteiger partial charge in [-0.2, -0.15) is 0 Å². The molecule has 2 heterocycles. The van der Waals surface area contributed by atoms with Crippen LogP contribution in [0, 0.1) is 0 Å². The maximum Gasteiger partial charge on any atom is 0.317 e. The molecular weight excluding hydrogens is 260 g/mol. The zero-order valence-electron chi connectivity index (χ0n) is 11.9. The summed E-state index contributed by atoms with van der Waals surface area (Å²) in [6.45, 7) is 6.42. The fraction of sp³-hybridized carbons (Fsp3) is 0.846. The third kappa shape index (κ3) is 4.64. The Bertz CT molecular complexity index is 337. The van der Waals surface area contributed by atoms with Gasteiger partial charge >= 0.3 is 12.0 Å². The fourth-order valence-electron chi connectivity index (χ4n) is 2.74. The van der Waals surface area contributed by atoms with E-state index in [2.05, 4.69) is 10.2 Å². The van der Waals surface area contributed by atoms with Crippen molar-refractivity contribution in [3.05, 3.63) is 0 Å². The molecule has 7 heteroatoms. The molecule has 2 rings (SSSR count). The normalized spacial score (nSPS) is 21.1. The largest absolute Gasteiger partial charge is 0.480 e. The van der Waals surface area contributed by atoms with Crippen molar-refractivity contribution < 1.29 is 14.7 Å². The maximum absolute atomic E-state index is 12.0. The Kier molecular flexibility index (Phi) is 5.60. The van der Waals surface area contributed by atoms with Gasteiger partial charge in [-0.1, -0.05) is 0 Å². The van der Waals surface area contributed by atoms with Crippen molar-refractivity contribution in [2.75, 3.05) is 58.9 Å². The first-order valence-electron chi connectivity index (χ1n) is 7.34. The standard InChI is InChI=1S/C13H24N4O3/c18-12(19)11-16-7-9-17(10-8-16)13(20)14-3-6-15-4-1-2-5-15/h1-11H2,(H,14,20)(H,18,19). The Hall–Kier alpha value is -1.34. The van der Waals surface area contributed by atoms with Crippen molar-refractivity contribution in [1.82, 2.24) is 20.0 Å². The van der Waals surface area contributed by atoms with E-state index in [1.54, 1.807) is 4.90 Å². The number of aliphatic carboxylic acids is 1. The second-order valence-electron chi connectivity index (χ2n) is 5.44. The third-order valence-electron chi connectivity index (χ3n) is 3.92. The van der Waals surface area contributed by atoms with Crippen LogP contribution >= 0.6 is 0 Å². The average molecular weight is 284 g/mol. The van der Waals surface area contributed by atoms with Crippen LogP contribution in [0.15, 0.2) is 0 Å². The number of hydrogen-bond acceptors (Lipinski definition) is 4. The molecule has 0 aliphatic carbocycles. The topological polar surface area (TPSA) is 76.1 Å². The van der Waals surface area contributed by atoms with Crippen molar-refractivity contribution in [3.8, 4) is 0 Å². The van der Waals surface area contributed by atoms with Gasteiger partial charge in [0.1, 0.15) is 0 Å². The Morgan fingerprint density at radius 3 is 2.20 bits per heavy atom. The smallest absolute Gasteiger partial charge is 0.317 e. The molecule has 114 valence electrons. The third-order valence-corrected chi connectivity index (χ3v) is 3.92. The number of carbonyl (C=O) groups is 2. The Morgan fingerprint density at radius 1 is 0.950 bits per heavy atom. The van der Waals surface area contributed by atoms with Gasteiger partial charge in [0.15, 0.2) is 0 Å². The Balaban J connectivity index is 1.60. The number of carboxylic acid groups (broad SMARTS) is 1. The zero-order chi connectivity index (χ0) is 14.4. The monoisotopic (exact) mass is 284 g/mol. The van der Waals surface area contributed by atoms with Crippen LogP contribution in [0.2, 0.25) is 0 Å². The number of carbonyl (C=O) groups excluding carboxylic acids is 1. The van der Waals surface area contributed by atoms with Crippen LogP contribution in [0.5, 0.6) is 0 Å². The second-order valence-corrected chi connectivity index (χ2v) is 5.44. The fourth-order valence-corrected chi connectivity index (χ4v) is 2.74. The van der Waals surface area contributed by atoms with Crippen molar-refractivity contribution in [1.29, 1.82) is 0 Å². The molecule has 0 spiro atoms. The maximum atomic E-state index is 12.0. The van der Waals surface area contributed by atoms with E-state index in [1.165, 1.54) is 12.8 Å². The van der Waals surface area contributed by atoms with E-state index in [1.807, 2.05) is 4.90 Å². The van der Waals surface area contributed by atoms with Crippen molar-refractivity contribution >= 4 is 12.0 Å². The van der Waals surface area contributed by atoms with Crippen LogP contribution in [0.25, 0.3) is 0 Å². The van der Waals surface area contributed by atoms with Gasteiger partial charge in [0, 0.05) is 39.3 Å². The Morgan fingerprint density at radius 2 is 1.60 bits per heavy atom. The summed E-state index contributed by atoms with van der Waals surface area (Å²) >= 11 is 0. The lowest BCUT2D eigenvalue weighted by Crippen LogP contribution is -2.53. The summed E-state index contributed by atoms with van der Waals surface area (Å²) in [5.74, 6) is -0.812. The molecular formula is C13H24N4O3. The van der Waals surface area contributed by atoms with Crippen molar-refractivity contribution in [2.45, 2.75) is 12.8 Å². The quantitative estimate of drug-likeness (QED) is 0.711. The van der Waals surface area contributed by atoms with Gasteiger partial charge in [0.05, 0.1) is 6.54 Å². The van der Waals surface area contributed by atoms with E-state index in [0.717, 1.165) is 19.6 Å². The summed E-state index contributed by atoms with van der Waals surface area (Å²) in [4.78, 5) is 28.6. The predicted molar refractivity (Wildman–Crippen MR) is 74.7 cm³/mol. The predicted octanol–water partition coefficient (Wildman–Crippen LogP) is -0.506. The van der Waals surface area contributed by atoms with Gasteiger partial charge in [-0.3, -0.25) is 9.69 Å². The van der Waals surface area contributed by atoms with E-state index in [0.29, 0.717) is 32.7 Å². The zero-order valence-corrected chi connectivity index (χ0v) is 11.9. The lowest BCUT2D eigenvalue weighted by atomic mass is 10.3. The number of hydrogen-bond donors (Lipinski definition) is 2. The number of piperazine rings is 1. The van der Waals surface area contributed by atoms with E-state index < -0.39 is 5.97 Å². The highest BCUT2D eigenvalue weighted by Gasteiger charge is 2.22. The van der Waals surface area contributed by atoms with E-state index >= 15 is 0 Å². The molecule has 0 radical (unpaired) electrons. The van der Waals surface area contributed by atoms with Gasteiger partial charge in [0.25, 0.3) is 0 Å². The summed E-state index contributed by atoms with van der Waals surface area (Å²) < 4.78 is 0. The molecule has 2 aliphatic heterocycles. The number of nitrogens with zero attached hydrogens (tertiary/aromatic N) is 3. The van der Waals surface area contributed by atoms with Gasteiger partial charge in [0.2, 0.25) is 0 Å². The van der Waals surface area contributed by atoms with Crippen LogP contribution in [0.4, 0.5) is 4.79 Å². The number of likely N-dealkylation sites (tertiary alicyclic amines) is 1. The lowest BCUT2D eigenvalue weighted by Gasteiger charge is -2.33. The van der Waals surface area contributed by atoms with Gasteiger partial charge in [-0.15, -0.1) is 0 Å². The second kappa shape index (κ2) is 7.44. The number of amides is 2. The minimum Gasteiger partial charge on any atom is -0.480 e.